The first kappa shape index (κ1) is 22.9. The highest BCUT2D eigenvalue weighted by atomic mass is 16.5. The fraction of sp³-hybridized carbons (Fsp3) is 0.348. The molecule has 0 aromatic heterocycles. The van der Waals surface area contributed by atoms with Crippen LogP contribution in [-0.4, -0.2) is 23.8 Å². The van der Waals surface area contributed by atoms with Crippen molar-refractivity contribution in [1.82, 2.24) is 10.9 Å². The monoisotopic (exact) mass is 411 g/mol. The third-order valence-corrected chi connectivity index (χ3v) is 4.59. The number of carbonyl (C=O) groups excluding carboxylic acids is 3. The second-order valence-electron chi connectivity index (χ2n) is 7.43. The van der Waals surface area contributed by atoms with Crippen molar-refractivity contribution < 1.29 is 19.1 Å². The summed E-state index contributed by atoms with van der Waals surface area (Å²) in [4.78, 5) is 36.2. The summed E-state index contributed by atoms with van der Waals surface area (Å²) in [5, 5.41) is 2.80. The summed E-state index contributed by atoms with van der Waals surface area (Å²) in [7, 11) is 0. The molecular formula is C23H29N3O4. The SMILES string of the molecule is Cc1ccc(C)c(NC(=O)CCC(=O)NNC(=O)C(C)Oc2cc(C)ccc2C)c1. The van der Waals surface area contributed by atoms with E-state index in [9.17, 15) is 14.4 Å². The number of rotatable bonds is 7. The molecule has 0 spiro atoms. The van der Waals surface area contributed by atoms with Gasteiger partial charge in [-0.3, -0.25) is 25.2 Å². The van der Waals surface area contributed by atoms with Crippen LogP contribution < -0.4 is 20.9 Å². The minimum Gasteiger partial charge on any atom is -0.481 e. The van der Waals surface area contributed by atoms with E-state index in [4.69, 9.17) is 4.74 Å². The first-order valence-electron chi connectivity index (χ1n) is 9.85. The van der Waals surface area contributed by atoms with E-state index < -0.39 is 17.9 Å². The van der Waals surface area contributed by atoms with E-state index in [1.807, 2.05) is 64.1 Å². The number of hydrogen-bond donors (Lipinski definition) is 3. The van der Waals surface area contributed by atoms with Crippen LogP contribution in [0.4, 0.5) is 5.69 Å². The normalized spacial score (nSPS) is 11.4. The molecule has 160 valence electrons. The highest BCUT2D eigenvalue weighted by Gasteiger charge is 2.17. The Balaban J connectivity index is 1.75. The van der Waals surface area contributed by atoms with Crippen molar-refractivity contribution in [3.63, 3.8) is 0 Å². The summed E-state index contributed by atoms with van der Waals surface area (Å²) in [5.74, 6) is -0.591. The Morgan fingerprint density at radius 3 is 2.13 bits per heavy atom. The maximum atomic E-state index is 12.2. The summed E-state index contributed by atoms with van der Waals surface area (Å²) in [6.07, 6.45) is -0.842. The minimum absolute atomic E-state index is 0.00360. The lowest BCUT2D eigenvalue weighted by molar-refractivity contribution is -0.133. The van der Waals surface area contributed by atoms with Gasteiger partial charge in [0, 0.05) is 18.5 Å². The van der Waals surface area contributed by atoms with Crippen molar-refractivity contribution in [3.8, 4) is 5.75 Å². The Kier molecular flexibility index (Phi) is 7.98. The summed E-state index contributed by atoms with van der Waals surface area (Å²) in [6.45, 7) is 9.27. The topological polar surface area (TPSA) is 96.5 Å². The van der Waals surface area contributed by atoms with Crippen molar-refractivity contribution in [3.05, 3.63) is 58.7 Å². The van der Waals surface area contributed by atoms with Crippen LogP contribution in [0.25, 0.3) is 0 Å². The number of hydrazine groups is 1. The molecule has 0 aliphatic carbocycles. The smallest absolute Gasteiger partial charge is 0.279 e. The quantitative estimate of drug-likeness (QED) is 0.610. The molecule has 1 atom stereocenters. The molecular weight excluding hydrogens is 382 g/mol. The molecule has 7 nitrogen and oxygen atoms in total. The summed E-state index contributed by atoms with van der Waals surface area (Å²) >= 11 is 0. The highest BCUT2D eigenvalue weighted by molar-refractivity contribution is 5.94. The summed E-state index contributed by atoms with van der Waals surface area (Å²) < 4.78 is 5.68. The number of carbonyl (C=O) groups is 3. The molecule has 0 fully saturated rings. The molecule has 0 saturated heterocycles. The molecule has 2 rings (SSSR count). The zero-order chi connectivity index (χ0) is 22.3. The number of anilines is 1. The van der Waals surface area contributed by atoms with Gasteiger partial charge in [-0.1, -0.05) is 24.3 Å². The molecule has 30 heavy (non-hydrogen) atoms. The number of nitrogens with one attached hydrogen (secondary N) is 3. The Labute approximate surface area is 177 Å². The molecule has 0 saturated carbocycles. The van der Waals surface area contributed by atoms with Gasteiger partial charge in [0.1, 0.15) is 5.75 Å². The Morgan fingerprint density at radius 2 is 1.43 bits per heavy atom. The summed E-state index contributed by atoms with van der Waals surface area (Å²) in [5.41, 5.74) is 9.30. The van der Waals surface area contributed by atoms with Gasteiger partial charge in [-0.2, -0.15) is 0 Å². The van der Waals surface area contributed by atoms with Crippen LogP contribution in [0.2, 0.25) is 0 Å². The molecule has 3 amide bonds. The van der Waals surface area contributed by atoms with Crippen LogP contribution >= 0.6 is 0 Å². The molecule has 2 aromatic carbocycles. The van der Waals surface area contributed by atoms with Gasteiger partial charge in [0.05, 0.1) is 0 Å². The van der Waals surface area contributed by atoms with Crippen molar-refractivity contribution in [2.45, 2.75) is 53.6 Å². The molecule has 3 N–H and O–H groups in total. The Hall–Kier alpha value is -3.35. The lowest BCUT2D eigenvalue weighted by Gasteiger charge is -2.17. The Morgan fingerprint density at radius 1 is 0.833 bits per heavy atom. The fourth-order valence-corrected chi connectivity index (χ4v) is 2.68. The van der Waals surface area contributed by atoms with Crippen LogP contribution in [0.15, 0.2) is 36.4 Å². The highest BCUT2D eigenvalue weighted by Crippen LogP contribution is 2.20. The van der Waals surface area contributed by atoms with E-state index in [0.29, 0.717) is 5.75 Å². The third kappa shape index (κ3) is 6.92. The molecule has 0 heterocycles. The zero-order valence-corrected chi connectivity index (χ0v) is 18.1. The van der Waals surface area contributed by atoms with Gasteiger partial charge in [0.15, 0.2) is 6.10 Å². The van der Waals surface area contributed by atoms with Gasteiger partial charge >= 0.3 is 0 Å². The lowest BCUT2D eigenvalue weighted by Crippen LogP contribution is -2.47. The fourth-order valence-electron chi connectivity index (χ4n) is 2.68. The first-order chi connectivity index (χ1) is 14.2. The van der Waals surface area contributed by atoms with Crippen molar-refractivity contribution >= 4 is 23.4 Å². The first-order valence-corrected chi connectivity index (χ1v) is 9.85. The number of amides is 3. The van der Waals surface area contributed by atoms with Crippen LogP contribution in [-0.2, 0) is 14.4 Å². The number of ether oxygens (including phenoxy) is 1. The van der Waals surface area contributed by atoms with Crippen molar-refractivity contribution in [2.75, 3.05) is 5.32 Å². The van der Waals surface area contributed by atoms with Gasteiger partial charge in [-0.25, -0.2) is 0 Å². The minimum atomic E-state index is -0.793. The Bertz CT molecular complexity index is 940. The number of hydrogen-bond acceptors (Lipinski definition) is 4. The number of benzene rings is 2. The van der Waals surface area contributed by atoms with Crippen molar-refractivity contribution in [1.29, 1.82) is 0 Å². The van der Waals surface area contributed by atoms with E-state index in [1.54, 1.807) is 6.92 Å². The summed E-state index contributed by atoms with van der Waals surface area (Å²) in [6, 6.07) is 11.5. The van der Waals surface area contributed by atoms with E-state index in [-0.39, 0.29) is 18.7 Å². The van der Waals surface area contributed by atoms with Crippen LogP contribution in [0.5, 0.6) is 5.75 Å². The predicted octanol–water partition coefficient (Wildman–Crippen LogP) is 3.25. The lowest BCUT2D eigenvalue weighted by atomic mass is 10.1. The largest absolute Gasteiger partial charge is 0.481 e. The van der Waals surface area contributed by atoms with Gasteiger partial charge in [-0.15, -0.1) is 0 Å². The van der Waals surface area contributed by atoms with Gasteiger partial charge in [-0.05, 0) is 69.0 Å². The van der Waals surface area contributed by atoms with Crippen molar-refractivity contribution in [2.24, 2.45) is 0 Å². The molecule has 1 unspecified atom stereocenters. The molecule has 7 heteroatoms. The molecule has 0 aliphatic rings. The standard InChI is InChI=1S/C23H29N3O4/c1-14-6-8-16(3)19(12-14)24-21(27)10-11-22(28)25-26-23(29)18(5)30-20-13-15(2)7-9-17(20)4/h6-9,12-13,18H,10-11H2,1-5H3,(H,24,27)(H,25,28)(H,26,29). The van der Waals surface area contributed by atoms with Gasteiger partial charge in [0.25, 0.3) is 5.91 Å². The molecule has 0 radical (unpaired) electrons. The zero-order valence-electron chi connectivity index (χ0n) is 18.1. The predicted molar refractivity (Wildman–Crippen MR) is 116 cm³/mol. The number of aryl methyl sites for hydroxylation is 4. The van der Waals surface area contributed by atoms with E-state index in [2.05, 4.69) is 16.2 Å². The van der Waals surface area contributed by atoms with Gasteiger partial charge in [0.2, 0.25) is 11.8 Å². The van der Waals surface area contributed by atoms with Crippen LogP contribution in [0.3, 0.4) is 0 Å². The van der Waals surface area contributed by atoms with Gasteiger partial charge < -0.3 is 10.1 Å². The molecule has 2 aromatic rings. The second-order valence-corrected chi connectivity index (χ2v) is 7.43. The average molecular weight is 412 g/mol. The third-order valence-electron chi connectivity index (χ3n) is 4.59. The van der Waals surface area contributed by atoms with E-state index >= 15 is 0 Å². The maximum Gasteiger partial charge on any atom is 0.279 e. The molecule has 0 bridgehead atoms. The second kappa shape index (κ2) is 10.4. The van der Waals surface area contributed by atoms with Crippen LogP contribution in [0, 0.1) is 27.7 Å². The van der Waals surface area contributed by atoms with E-state index in [1.165, 1.54) is 0 Å². The van der Waals surface area contributed by atoms with Crippen LogP contribution in [0.1, 0.15) is 42.0 Å². The average Bonchev–Trinajstić information content (AvgIpc) is 2.70. The van der Waals surface area contributed by atoms with E-state index in [0.717, 1.165) is 27.9 Å². The molecule has 0 aliphatic heterocycles. The maximum absolute atomic E-state index is 12.2.